The number of hydrogen-bond donors (Lipinski definition) is 2. The predicted octanol–water partition coefficient (Wildman–Crippen LogP) is 4.06. The molecule has 25 heavy (non-hydrogen) atoms. The average Bonchev–Trinajstić information content (AvgIpc) is 2.57. The van der Waals surface area contributed by atoms with Crippen molar-refractivity contribution in [3.63, 3.8) is 0 Å². The molecule has 0 aliphatic carbocycles. The number of urea groups is 1. The van der Waals surface area contributed by atoms with Gasteiger partial charge >= 0.3 is 12.6 Å². The molecule has 1 aromatic heterocycles. The quantitative estimate of drug-likeness (QED) is 0.720. The van der Waals surface area contributed by atoms with Gasteiger partial charge in [0, 0.05) is 12.7 Å². The number of halogens is 3. The first-order valence-electron chi connectivity index (χ1n) is 7.35. The predicted molar refractivity (Wildman–Crippen MR) is 89.3 cm³/mol. The highest BCUT2D eigenvalue weighted by Gasteiger charge is 2.12. The van der Waals surface area contributed by atoms with E-state index in [1.54, 1.807) is 25.1 Å². The minimum absolute atomic E-state index is 0.0628. The van der Waals surface area contributed by atoms with E-state index >= 15 is 0 Å². The number of carbonyl (C=O) groups excluding carboxylic acids is 1. The van der Waals surface area contributed by atoms with Gasteiger partial charge in [-0.2, -0.15) is 8.78 Å². The highest BCUT2D eigenvalue weighted by Crippen LogP contribution is 2.29. The third-order valence-electron chi connectivity index (χ3n) is 2.98. The van der Waals surface area contributed by atoms with Crippen LogP contribution >= 0.6 is 11.6 Å². The van der Waals surface area contributed by atoms with Crippen molar-refractivity contribution in [1.29, 1.82) is 0 Å². The van der Waals surface area contributed by atoms with Crippen molar-refractivity contribution in [2.24, 2.45) is 0 Å². The lowest BCUT2D eigenvalue weighted by Gasteiger charge is -2.13. The molecule has 0 unspecified atom stereocenters. The summed E-state index contributed by atoms with van der Waals surface area (Å²) in [5.41, 5.74) is 1.02. The second-order valence-corrected chi connectivity index (χ2v) is 5.10. The Labute approximate surface area is 148 Å². The van der Waals surface area contributed by atoms with Crippen molar-refractivity contribution in [2.75, 3.05) is 11.9 Å². The fourth-order valence-corrected chi connectivity index (χ4v) is 2.12. The summed E-state index contributed by atoms with van der Waals surface area (Å²) in [7, 11) is 0. The Bertz CT molecular complexity index is 732. The van der Waals surface area contributed by atoms with E-state index in [0.29, 0.717) is 11.3 Å². The normalized spacial score (nSPS) is 10.4. The van der Waals surface area contributed by atoms with E-state index in [2.05, 4.69) is 20.4 Å². The molecule has 2 aromatic rings. The average molecular weight is 372 g/mol. The van der Waals surface area contributed by atoms with Crippen molar-refractivity contribution in [3.8, 4) is 11.5 Å². The molecule has 1 aromatic carbocycles. The third-order valence-corrected chi connectivity index (χ3v) is 3.29. The van der Waals surface area contributed by atoms with Crippen LogP contribution in [0.2, 0.25) is 5.15 Å². The molecule has 0 aliphatic rings. The van der Waals surface area contributed by atoms with Crippen LogP contribution < -0.4 is 20.1 Å². The SMILES string of the molecule is CCOc1cc(CNC(=O)Nc2cccnc2Cl)ccc1OC(F)F. The van der Waals surface area contributed by atoms with Gasteiger partial charge < -0.3 is 20.1 Å². The fraction of sp³-hybridized carbons (Fsp3) is 0.250. The number of nitrogens with zero attached hydrogens (tertiary/aromatic N) is 1. The number of carbonyl (C=O) groups is 1. The summed E-state index contributed by atoms with van der Waals surface area (Å²) in [4.78, 5) is 15.7. The molecule has 2 N–H and O–H groups in total. The van der Waals surface area contributed by atoms with Gasteiger partial charge in [0.1, 0.15) is 0 Å². The Morgan fingerprint density at radius 1 is 1.32 bits per heavy atom. The lowest BCUT2D eigenvalue weighted by molar-refractivity contribution is -0.0514. The van der Waals surface area contributed by atoms with E-state index in [1.807, 2.05) is 0 Å². The number of nitrogens with one attached hydrogen (secondary N) is 2. The van der Waals surface area contributed by atoms with E-state index in [9.17, 15) is 13.6 Å². The van der Waals surface area contributed by atoms with Gasteiger partial charge in [0.2, 0.25) is 0 Å². The maximum atomic E-state index is 12.4. The van der Waals surface area contributed by atoms with Gasteiger partial charge in [-0.15, -0.1) is 0 Å². The molecule has 0 aliphatic heterocycles. The molecule has 2 amide bonds. The number of alkyl halides is 2. The van der Waals surface area contributed by atoms with E-state index in [-0.39, 0.29) is 29.8 Å². The molecule has 1 heterocycles. The molecular formula is C16H16ClF2N3O3. The summed E-state index contributed by atoms with van der Waals surface area (Å²) in [6.45, 7) is -0.782. The molecule has 134 valence electrons. The van der Waals surface area contributed by atoms with E-state index < -0.39 is 12.6 Å². The van der Waals surface area contributed by atoms with Gasteiger partial charge in [0.25, 0.3) is 0 Å². The maximum absolute atomic E-state index is 12.4. The highest BCUT2D eigenvalue weighted by molar-refractivity contribution is 6.32. The minimum Gasteiger partial charge on any atom is -0.490 e. The van der Waals surface area contributed by atoms with Crippen LogP contribution in [0.25, 0.3) is 0 Å². The Hall–Kier alpha value is -2.61. The zero-order chi connectivity index (χ0) is 18.2. The molecule has 9 heteroatoms. The smallest absolute Gasteiger partial charge is 0.387 e. The summed E-state index contributed by atoms with van der Waals surface area (Å²) in [5.74, 6) is 0.116. The zero-order valence-corrected chi connectivity index (χ0v) is 14.0. The minimum atomic E-state index is -2.95. The van der Waals surface area contributed by atoms with Crippen LogP contribution in [0.15, 0.2) is 36.5 Å². The van der Waals surface area contributed by atoms with Crippen LogP contribution in [0.4, 0.5) is 19.3 Å². The molecule has 0 bridgehead atoms. The summed E-state index contributed by atoms with van der Waals surface area (Å²) in [6, 6.07) is 7.21. The van der Waals surface area contributed by atoms with Gasteiger partial charge in [-0.1, -0.05) is 17.7 Å². The number of pyridine rings is 1. The molecular weight excluding hydrogens is 356 g/mol. The van der Waals surface area contributed by atoms with Gasteiger partial charge in [-0.3, -0.25) is 0 Å². The zero-order valence-electron chi connectivity index (χ0n) is 13.3. The van der Waals surface area contributed by atoms with Crippen LogP contribution in [-0.2, 0) is 6.54 Å². The molecule has 2 rings (SSSR count). The van der Waals surface area contributed by atoms with Crippen LogP contribution in [0.1, 0.15) is 12.5 Å². The molecule has 0 radical (unpaired) electrons. The maximum Gasteiger partial charge on any atom is 0.387 e. The first-order chi connectivity index (χ1) is 12.0. The number of benzene rings is 1. The lowest BCUT2D eigenvalue weighted by atomic mass is 10.2. The standard InChI is InChI=1S/C16H16ClF2N3O3/c1-2-24-13-8-10(5-6-12(13)25-15(18)19)9-21-16(23)22-11-4-3-7-20-14(11)17/h3-8,15H,2,9H2,1H3,(H2,21,22,23). The van der Waals surface area contributed by atoms with Crippen molar-refractivity contribution >= 4 is 23.3 Å². The van der Waals surface area contributed by atoms with Gasteiger partial charge in [0.05, 0.1) is 12.3 Å². The molecule has 0 saturated carbocycles. The Morgan fingerprint density at radius 2 is 2.12 bits per heavy atom. The third kappa shape index (κ3) is 5.75. The summed E-state index contributed by atoms with van der Waals surface area (Å²) in [5, 5.41) is 5.35. The first-order valence-corrected chi connectivity index (χ1v) is 7.73. The topological polar surface area (TPSA) is 72.5 Å². The van der Waals surface area contributed by atoms with Gasteiger partial charge in [0.15, 0.2) is 16.7 Å². The summed E-state index contributed by atoms with van der Waals surface area (Å²) < 4.78 is 34.4. The summed E-state index contributed by atoms with van der Waals surface area (Å²) in [6.07, 6.45) is 1.50. The fourth-order valence-electron chi connectivity index (χ4n) is 1.95. The Balaban J connectivity index is 1.99. The number of rotatable bonds is 7. The van der Waals surface area contributed by atoms with E-state index in [4.69, 9.17) is 16.3 Å². The lowest BCUT2D eigenvalue weighted by Crippen LogP contribution is -2.28. The van der Waals surface area contributed by atoms with E-state index in [0.717, 1.165) is 0 Å². The molecule has 0 spiro atoms. The van der Waals surface area contributed by atoms with Crippen molar-refractivity contribution in [1.82, 2.24) is 10.3 Å². The molecule has 0 fully saturated rings. The van der Waals surface area contributed by atoms with Crippen molar-refractivity contribution < 1.29 is 23.0 Å². The second kappa shape index (κ2) is 9.03. The van der Waals surface area contributed by atoms with Gasteiger partial charge in [-0.05, 0) is 36.8 Å². The number of anilines is 1. The number of aromatic nitrogens is 1. The Kier molecular flexibility index (Phi) is 6.76. The van der Waals surface area contributed by atoms with Crippen LogP contribution in [0, 0.1) is 0 Å². The number of hydrogen-bond acceptors (Lipinski definition) is 4. The highest BCUT2D eigenvalue weighted by atomic mass is 35.5. The first kappa shape index (κ1) is 18.7. The van der Waals surface area contributed by atoms with Crippen LogP contribution in [0.5, 0.6) is 11.5 Å². The van der Waals surface area contributed by atoms with Crippen molar-refractivity contribution in [2.45, 2.75) is 20.1 Å². The Morgan fingerprint density at radius 3 is 2.80 bits per heavy atom. The monoisotopic (exact) mass is 371 g/mol. The number of ether oxygens (including phenoxy) is 2. The molecule has 6 nitrogen and oxygen atoms in total. The van der Waals surface area contributed by atoms with Crippen molar-refractivity contribution in [3.05, 3.63) is 47.2 Å². The van der Waals surface area contributed by atoms with E-state index in [1.165, 1.54) is 18.3 Å². The number of amides is 2. The molecule has 0 saturated heterocycles. The largest absolute Gasteiger partial charge is 0.490 e. The van der Waals surface area contributed by atoms with Crippen LogP contribution in [0.3, 0.4) is 0 Å². The van der Waals surface area contributed by atoms with Crippen LogP contribution in [-0.4, -0.2) is 24.2 Å². The van der Waals surface area contributed by atoms with Gasteiger partial charge in [-0.25, -0.2) is 9.78 Å². The molecule has 0 atom stereocenters. The summed E-state index contributed by atoms with van der Waals surface area (Å²) >= 11 is 5.85. The second-order valence-electron chi connectivity index (χ2n) is 4.74.